The lowest BCUT2D eigenvalue weighted by molar-refractivity contribution is -0.274. The summed E-state index contributed by atoms with van der Waals surface area (Å²) in [5.74, 6) is 0.282. The highest BCUT2D eigenvalue weighted by Crippen LogP contribution is 2.40. The number of ether oxygens (including phenoxy) is 2. The third-order valence-corrected chi connectivity index (χ3v) is 5.69. The minimum atomic E-state index is -4.72. The molecular weight excluding hydrogens is 369 g/mol. The third-order valence-electron chi connectivity index (χ3n) is 5.37. The van der Waals surface area contributed by atoms with Gasteiger partial charge < -0.3 is 20.1 Å². The molecule has 1 aromatic carbocycles. The van der Waals surface area contributed by atoms with E-state index >= 15 is 0 Å². The summed E-state index contributed by atoms with van der Waals surface area (Å²) in [5.41, 5.74) is 6.07. The number of rotatable bonds is 4. The van der Waals surface area contributed by atoms with E-state index in [1.54, 1.807) is 0 Å². The smallest absolute Gasteiger partial charge is 0.406 e. The fraction of sp³-hybridized carbons (Fsp3) is 0.667. The molecule has 1 atom stereocenters. The fourth-order valence-corrected chi connectivity index (χ4v) is 4.10. The largest absolute Gasteiger partial charge is 0.573 e. The van der Waals surface area contributed by atoms with E-state index in [-0.39, 0.29) is 11.4 Å². The Morgan fingerprint density at radius 2 is 2.00 bits per heavy atom. The summed E-state index contributed by atoms with van der Waals surface area (Å²) < 4.78 is 47.5. The zero-order chi connectivity index (χ0) is 18.8. The van der Waals surface area contributed by atoms with Crippen molar-refractivity contribution in [1.29, 1.82) is 0 Å². The number of alkyl halides is 3. The number of hydrogen-bond acceptors (Lipinski definition) is 4. The molecule has 2 saturated heterocycles. The molecule has 0 aromatic heterocycles. The van der Waals surface area contributed by atoms with Gasteiger partial charge in [0, 0.05) is 19.2 Å². The molecule has 2 aliphatic rings. The Hall–Kier alpha value is -1.18. The van der Waals surface area contributed by atoms with Crippen LogP contribution in [0.4, 0.5) is 18.9 Å². The molecule has 2 N–H and O–H groups in total. The first-order chi connectivity index (χ1) is 12.3. The van der Waals surface area contributed by atoms with Gasteiger partial charge in [-0.1, -0.05) is 11.6 Å². The summed E-state index contributed by atoms with van der Waals surface area (Å²) in [5, 5.41) is 0.419. The van der Waals surface area contributed by atoms with E-state index in [4.69, 9.17) is 22.1 Å². The molecule has 0 amide bonds. The van der Waals surface area contributed by atoms with Crippen molar-refractivity contribution in [3.8, 4) is 5.75 Å². The number of nitrogens with two attached hydrogens (primary N) is 1. The van der Waals surface area contributed by atoms with Crippen LogP contribution in [0.1, 0.15) is 32.1 Å². The zero-order valence-corrected chi connectivity index (χ0v) is 15.3. The lowest BCUT2D eigenvalue weighted by Crippen LogP contribution is -2.49. The fourth-order valence-electron chi connectivity index (χ4n) is 3.86. The quantitative estimate of drug-likeness (QED) is 0.827. The average molecular weight is 393 g/mol. The van der Waals surface area contributed by atoms with E-state index in [9.17, 15) is 13.2 Å². The minimum Gasteiger partial charge on any atom is -0.406 e. The van der Waals surface area contributed by atoms with E-state index < -0.39 is 6.36 Å². The molecule has 0 aliphatic carbocycles. The summed E-state index contributed by atoms with van der Waals surface area (Å²) >= 11 is 6.21. The highest BCUT2D eigenvalue weighted by molar-refractivity contribution is 6.33. The van der Waals surface area contributed by atoms with E-state index in [1.165, 1.54) is 18.2 Å². The van der Waals surface area contributed by atoms with Gasteiger partial charge in [-0.15, -0.1) is 13.2 Å². The van der Waals surface area contributed by atoms with Gasteiger partial charge in [0.05, 0.1) is 22.9 Å². The van der Waals surface area contributed by atoms with Crippen molar-refractivity contribution < 1.29 is 22.6 Å². The second-order valence-corrected chi connectivity index (χ2v) is 7.53. The molecule has 0 bridgehead atoms. The Labute approximate surface area is 156 Å². The molecule has 1 aromatic rings. The van der Waals surface area contributed by atoms with E-state index in [1.807, 2.05) is 4.90 Å². The maximum atomic E-state index is 12.4. The van der Waals surface area contributed by atoms with Crippen LogP contribution in [-0.2, 0) is 4.74 Å². The van der Waals surface area contributed by atoms with Gasteiger partial charge in [-0.2, -0.15) is 0 Å². The molecule has 0 saturated carbocycles. The minimum absolute atomic E-state index is 0.117. The van der Waals surface area contributed by atoms with E-state index in [0.717, 1.165) is 38.7 Å². The van der Waals surface area contributed by atoms with Crippen LogP contribution >= 0.6 is 11.6 Å². The molecule has 2 heterocycles. The normalized spacial score (nSPS) is 23.3. The highest BCUT2D eigenvalue weighted by atomic mass is 35.5. The Morgan fingerprint density at radius 3 is 2.58 bits per heavy atom. The molecule has 0 radical (unpaired) electrons. The number of anilines is 1. The molecule has 4 nitrogen and oxygen atoms in total. The summed E-state index contributed by atoms with van der Waals surface area (Å²) in [4.78, 5) is 2.01. The molecule has 146 valence electrons. The van der Waals surface area contributed by atoms with E-state index in [0.29, 0.717) is 36.3 Å². The molecule has 1 unspecified atom stereocenters. The number of hydrogen-bond donors (Lipinski definition) is 1. The van der Waals surface area contributed by atoms with Crippen molar-refractivity contribution in [1.82, 2.24) is 0 Å². The second-order valence-electron chi connectivity index (χ2n) is 7.12. The maximum absolute atomic E-state index is 12.4. The SMILES string of the molecule is NCCC1CCC2(CCN(c3cc(OC(F)(F)F)ccc3Cl)CC2)OC1. The van der Waals surface area contributed by atoms with Crippen molar-refractivity contribution in [3.05, 3.63) is 23.2 Å². The predicted molar refractivity (Wildman–Crippen MR) is 94.7 cm³/mol. The van der Waals surface area contributed by atoms with Crippen LogP contribution in [0.5, 0.6) is 5.75 Å². The Kier molecular flexibility index (Phi) is 5.89. The van der Waals surface area contributed by atoms with Crippen LogP contribution < -0.4 is 15.4 Å². The molecule has 1 spiro atoms. The Morgan fingerprint density at radius 1 is 1.27 bits per heavy atom. The molecule has 2 aliphatic heterocycles. The second kappa shape index (κ2) is 7.82. The molecule has 3 rings (SSSR count). The lowest BCUT2D eigenvalue weighted by Gasteiger charge is -2.46. The van der Waals surface area contributed by atoms with Crippen LogP contribution in [0.15, 0.2) is 18.2 Å². The number of nitrogens with zero attached hydrogens (tertiary/aromatic N) is 1. The van der Waals surface area contributed by atoms with Crippen molar-refractivity contribution in [2.24, 2.45) is 11.7 Å². The first-order valence-electron chi connectivity index (χ1n) is 8.94. The van der Waals surface area contributed by atoms with Gasteiger partial charge in [0.2, 0.25) is 0 Å². The van der Waals surface area contributed by atoms with Gasteiger partial charge in [0.25, 0.3) is 0 Å². The maximum Gasteiger partial charge on any atom is 0.573 e. The zero-order valence-electron chi connectivity index (χ0n) is 14.5. The van der Waals surface area contributed by atoms with Crippen molar-refractivity contribution in [3.63, 3.8) is 0 Å². The van der Waals surface area contributed by atoms with Crippen LogP contribution in [-0.4, -0.2) is 38.2 Å². The van der Waals surface area contributed by atoms with Gasteiger partial charge in [0.1, 0.15) is 5.75 Å². The van der Waals surface area contributed by atoms with Crippen LogP contribution in [0.2, 0.25) is 5.02 Å². The summed E-state index contributed by atoms with van der Waals surface area (Å²) in [7, 11) is 0. The molecule has 8 heteroatoms. The predicted octanol–water partition coefficient (Wildman–Crippen LogP) is 4.35. The summed E-state index contributed by atoms with van der Waals surface area (Å²) in [6.07, 6.45) is 0.0757. The lowest BCUT2D eigenvalue weighted by atomic mass is 9.81. The van der Waals surface area contributed by atoms with E-state index in [2.05, 4.69) is 4.74 Å². The summed E-state index contributed by atoms with van der Waals surface area (Å²) in [6.45, 7) is 2.81. The topological polar surface area (TPSA) is 47.7 Å². The standard InChI is InChI=1S/C18H24ClF3N2O2/c19-15-2-1-14(26-18(20,21)22)11-16(15)24-9-6-17(7-10-24)5-3-13(4-8-23)12-25-17/h1-2,11,13H,3-10,12,23H2. The highest BCUT2D eigenvalue weighted by Gasteiger charge is 2.39. The van der Waals surface area contributed by atoms with Crippen molar-refractivity contribution >= 4 is 17.3 Å². The van der Waals surface area contributed by atoms with Crippen molar-refractivity contribution in [2.75, 3.05) is 31.1 Å². The van der Waals surface area contributed by atoms with Gasteiger partial charge in [0.15, 0.2) is 0 Å². The average Bonchev–Trinajstić information content (AvgIpc) is 2.59. The third kappa shape index (κ3) is 4.75. The van der Waals surface area contributed by atoms with Gasteiger partial charge in [-0.3, -0.25) is 0 Å². The van der Waals surface area contributed by atoms with Crippen molar-refractivity contribution in [2.45, 2.75) is 44.1 Å². The number of benzene rings is 1. The van der Waals surface area contributed by atoms with Crippen LogP contribution in [0, 0.1) is 5.92 Å². The monoisotopic (exact) mass is 392 g/mol. The Balaban J connectivity index is 1.62. The summed E-state index contributed by atoms with van der Waals surface area (Å²) in [6, 6.07) is 4.02. The van der Waals surface area contributed by atoms with Crippen LogP contribution in [0.25, 0.3) is 0 Å². The van der Waals surface area contributed by atoms with Gasteiger partial charge in [-0.25, -0.2) is 0 Å². The number of halogens is 4. The van der Waals surface area contributed by atoms with Gasteiger partial charge in [-0.05, 0) is 56.7 Å². The molecule has 26 heavy (non-hydrogen) atoms. The first kappa shape index (κ1) is 19.6. The molecular formula is C18H24ClF3N2O2. The number of piperidine rings is 1. The molecule has 2 fully saturated rings. The van der Waals surface area contributed by atoms with Gasteiger partial charge >= 0.3 is 6.36 Å². The van der Waals surface area contributed by atoms with Crippen LogP contribution in [0.3, 0.4) is 0 Å². The Bertz CT molecular complexity index is 609. The first-order valence-corrected chi connectivity index (χ1v) is 9.32.